The smallest absolute Gasteiger partial charge is 0.326 e. The topological polar surface area (TPSA) is 86.7 Å². The molecule has 1 saturated heterocycles. The van der Waals surface area contributed by atoms with E-state index >= 15 is 0 Å². The van der Waals surface area contributed by atoms with Gasteiger partial charge in [-0.3, -0.25) is 9.59 Å². The van der Waals surface area contributed by atoms with Gasteiger partial charge in [-0.1, -0.05) is 0 Å². The van der Waals surface area contributed by atoms with Gasteiger partial charge in [0.1, 0.15) is 11.9 Å². The minimum atomic E-state index is -1.09. The monoisotopic (exact) mass is 308 g/mol. The lowest BCUT2D eigenvalue weighted by Crippen LogP contribution is -2.48. The van der Waals surface area contributed by atoms with E-state index in [4.69, 9.17) is 0 Å². The third-order valence-electron chi connectivity index (χ3n) is 3.57. The molecule has 0 bridgehead atoms. The van der Waals surface area contributed by atoms with Crippen LogP contribution in [-0.4, -0.2) is 40.4 Å². The first-order chi connectivity index (χ1) is 10.4. The van der Waals surface area contributed by atoms with E-state index in [2.05, 4.69) is 5.32 Å². The Balaban J connectivity index is 2.31. The standard InChI is InChI=1S/C15H17FN2O4/c1-9(19)17-10-5-6-12(16)11(8-10)14(20)18-7-3-2-4-13(18)15(21)22/h5-6,8,13H,2-4,7H2,1H3,(H,17,19)(H,21,22). The second-order valence-corrected chi connectivity index (χ2v) is 5.22. The minimum absolute atomic E-state index is 0.237. The maximum absolute atomic E-state index is 13.9. The van der Waals surface area contributed by atoms with E-state index in [0.717, 1.165) is 12.5 Å². The highest BCUT2D eigenvalue weighted by molar-refractivity contribution is 5.98. The van der Waals surface area contributed by atoms with E-state index in [-0.39, 0.29) is 18.0 Å². The molecule has 1 heterocycles. The highest BCUT2D eigenvalue weighted by atomic mass is 19.1. The fourth-order valence-corrected chi connectivity index (χ4v) is 2.56. The van der Waals surface area contributed by atoms with Gasteiger partial charge in [-0.2, -0.15) is 0 Å². The van der Waals surface area contributed by atoms with Gasteiger partial charge in [-0.15, -0.1) is 0 Å². The maximum atomic E-state index is 13.9. The molecule has 0 aromatic heterocycles. The summed E-state index contributed by atoms with van der Waals surface area (Å²) in [7, 11) is 0. The molecular weight excluding hydrogens is 291 g/mol. The van der Waals surface area contributed by atoms with E-state index in [1.165, 1.54) is 24.0 Å². The number of carboxylic acid groups (broad SMARTS) is 1. The quantitative estimate of drug-likeness (QED) is 0.892. The van der Waals surface area contributed by atoms with Gasteiger partial charge in [0.05, 0.1) is 5.56 Å². The predicted molar refractivity (Wildman–Crippen MR) is 77.0 cm³/mol. The van der Waals surface area contributed by atoms with Crippen LogP contribution in [-0.2, 0) is 9.59 Å². The number of rotatable bonds is 3. The van der Waals surface area contributed by atoms with Gasteiger partial charge < -0.3 is 15.3 Å². The fourth-order valence-electron chi connectivity index (χ4n) is 2.56. The maximum Gasteiger partial charge on any atom is 0.326 e. The van der Waals surface area contributed by atoms with Crippen molar-refractivity contribution < 1.29 is 23.9 Å². The summed E-state index contributed by atoms with van der Waals surface area (Å²) in [6, 6.07) is 2.72. The Labute approximate surface area is 126 Å². The van der Waals surface area contributed by atoms with Gasteiger partial charge in [-0.05, 0) is 37.5 Å². The van der Waals surface area contributed by atoms with Crippen LogP contribution < -0.4 is 5.32 Å². The lowest BCUT2D eigenvalue weighted by atomic mass is 10.0. The first-order valence-electron chi connectivity index (χ1n) is 7.01. The Morgan fingerprint density at radius 2 is 2.05 bits per heavy atom. The fraction of sp³-hybridized carbons (Fsp3) is 0.400. The molecule has 0 radical (unpaired) electrons. The van der Waals surface area contributed by atoms with E-state index in [1.807, 2.05) is 0 Å². The Kier molecular flexibility index (Phi) is 4.75. The number of carbonyl (C=O) groups is 3. The number of hydrogen-bond donors (Lipinski definition) is 2. The van der Waals surface area contributed by atoms with Crippen molar-refractivity contribution in [2.24, 2.45) is 0 Å². The van der Waals surface area contributed by atoms with Gasteiger partial charge in [0.15, 0.2) is 0 Å². The third-order valence-corrected chi connectivity index (χ3v) is 3.57. The van der Waals surface area contributed by atoms with Crippen LogP contribution in [0.15, 0.2) is 18.2 Å². The van der Waals surface area contributed by atoms with Crippen LogP contribution in [0.25, 0.3) is 0 Å². The summed E-state index contributed by atoms with van der Waals surface area (Å²) >= 11 is 0. The molecule has 1 fully saturated rings. The van der Waals surface area contributed by atoms with Crippen molar-refractivity contribution in [3.8, 4) is 0 Å². The molecule has 6 nitrogen and oxygen atoms in total. The highest BCUT2D eigenvalue weighted by Gasteiger charge is 2.33. The van der Waals surface area contributed by atoms with Crippen molar-refractivity contribution >= 4 is 23.5 Å². The summed E-state index contributed by atoms with van der Waals surface area (Å²) in [6.07, 6.45) is 1.76. The number of nitrogens with zero attached hydrogens (tertiary/aromatic N) is 1. The number of carbonyl (C=O) groups excluding carboxylic acids is 2. The van der Waals surface area contributed by atoms with E-state index < -0.39 is 23.7 Å². The number of amides is 2. The zero-order chi connectivity index (χ0) is 16.3. The molecule has 0 aliphatic carbocycles. The number of carboxylic acids is 1. The molecule has 2 amide bonds. The second kappa shape index (κ2) is 6.55. The van der Waals surface area contributed by atoms with Crippen molar-refractivity contribution in [1.29, 1.82) is 0 Å². The number of benzene rings is 1. The molecule has 1 aliphatic rings. The largest absolute Gasteiger partial charge is 0.480 e. The first-order valence-corrected chi connectivity index (χ1v) is 7.01. The van der Waals surface area contributed by atoms with Crippen molar-refractivity contribution in [3.05, 3.63) is 29.6 Å². The molecule has 1 unspecified atom stereocenters. The highest BCUT2D eigenvalue weighted by Crippen LogP contribution is 2.23. The Hall–Kier alpha value is -2.44. The van der Waals surface area contributed by atoms with Crippen LogP contribution >= 0.6 is 0 Å². The molecule has 118 valence electrons. The summed E-state index contributed by atoms with van der Waals surface area (Å²) in [5, 5.41) is 11.7. The van der Waals surface area contributed by atoms with Crippen molar-refractivity contribution in [2.45, 2.75) is 32.2 Å². The predicted octanol–water partition coefficient (Wildman–Crippen LogP) is 1.86. The summed E-state index contributed by atoms with van der Waals surface area (Å²) in [4.78, 5) is 36.0. The number of aliphatic carboxylic acids is 1. The average Bonchev–Trinajstić information content (AvgIpc) is 2.48. The van der Waals surface area contributed by atoms with Gasteiger partial charge in [0, 0.05) is 19.2 Å². The van der Waals surface area contributed by atoms with E-state index in [9.17, 15) is 23.9 Å². The second-order valence-electron chi connectivity index (χ2n) is 5.22. The minimum Gasteiger partial charge on any atom is -0.480 e. The number of piperidine rings is 1. The SMILES string of the molecule is CC(=O)Nc1ccc(F)c(C(=O)N2CCCCC2C(=O)O)c1. The Morgan fingerprint density at radius 3 is 2.68 bits per heavy atom. The van der Waals surface area contributed by atoms with Crippen molar-refractivity contribution in [1.82, 2.24) is 4.90 Å². The number of anilines is 1. The first kappa shape index (κ1) is 15.9. The Morgan fingerprint density at radius 1 is 1.32 bits per heavy atom. The van der Waals surface area contributed by atoms with Gasteiger partial charge in [0.25, 0.3) is 5.91 Å². The van der Waals surface area contributed by atoms with Crippen LogP contribution in [0.1, 0.15) is 36.5 Å². The Bertz CT molecular complexity index is 618. The molecule has 2 N–H and O–H groups in total. The van der Waals surface area contributed by atoms with Crippen molar-refractivity contribution in [3.63, 3.8) is 0 Å². The molecule has 1 aliphatic heterocycles. The average molecular weight is 308 g/mol. The van der Waals surface area contributed by atoms with Crippen molar-refractivity contribution in [2.75, 3.05) is 11.9 Å². The zero-order valence-corrected chi connectivity index (χ0v) is 12.1. The van der Waals surface area contributed by atoms with E-state index in [0.29, 0.717) is 18.5 Å². The summed E-state index contributed by atoms with van der Waals surface area (Å²) in [5.74, 6) is -2.84. The lowest BCUT2D eigenvalue weighted by molar-refractivity contribution is -0.143. The van der Waals surface area contributed by atoms with Gasteiger partial charge in [-0.25, -0.2) is 9.18 Å². The van der Waals surface area contributed by atoms with Crippen LogP contribution in [0.4, 0.5) is 10.1 Å². The molecule has 2 rings (SSSR count). The van der Waals surface area contributed by atoms with Gasteiger partial charge in [0.2, 0.25) is 5.91 Å². The third kappa shape index (κ3) is 3.41. The molecular formula is C15H17FN2O4. The van der Waals surface area contributed by atoms with Crippen LogP contribution in [0, 0.1) is 5.82 Å². The molecule has 0 saturated carbocycles. The van der Waals surface area contributed by atoms with Crippen LogP contribution in [0.5, 0.6) is 0 Å². The molecule has 1 aromatic carbocycles. The zero-order valence-electron chi connectivity index (χ0n) is 12.1. The molecule has 1 aromatic rings. The van der Waals surface area contributed by atoms with E-state index in [1.54, 1.807) is 0 Å². The van der Waals surface area contributed by atoms with Gasteiger partial charge >= 0.3 is 5.97 Å². The summed E-state index contributed by atoms with van der Waals surface area (Å²) in [5.41, 5.74) is 0.0561. The van der Waals surface area contributed by atoms with Crippen LogP contribution in [0.3, 0.4) is 0 Å². The lowest BCUT2D eigenvalue weighted by Gasteiger charge is -2.33. The normalized spacial score (nSPS) is 17.9. The number of nitrogens with one attached hydrogen (secondary N) is 1. The van der Waals surface area contributed by atoms with Crippen LogP contribution in [0.2, 0.25) is 0 Å². The number of halogens is 1. The summed E-state index contributed by atoms with van der Waals surface area (Å²) in [6.45, 7) is 1.58. The summed E-state index contributed by atoms with van der Waals surface area (Å²) < 4.78 is 13.9. The molecule has 0 spiro atoms. The number of likely N-dealkylation sites (tertiary alicyclic amines) is 1. The molecule has 7 heteroatoms. The number of hydrogen-bond acceptors (Lipinski definition) is 3. The molecule has 22 heavy (non-hydrogen) atoms. The molecule has 1 atom stereocenters.